The first-order valence-corrected chi connectivity index (χ1v) is 9.76. The summed E-state index contributed by atoms with van der Waals surface area (Å²) in [6, 6.07) is 15.6. The fraction of sp³-hybridized carbons (Fsp3) is 0.300. The van der Waals surface area contributed by atoms with Gasteiger partial charge in [0, 0.05) is 35.8 Å². The molecule has 0 radical (unpaired) electrons. The number of carbonyl (C=O) groups excluding carboxylic acids is 2. The first-order chi connectivity index (χ1) is 12.6. The second kappa shape index (κ2) is 8.76. The third-order valence-electron chi connectivity index (χ3n) is 4.24. The Kier molecular flexibility index (Phi) is 6.17. The highest BCUT2D eigenvalue weighted by atomic mass is 32.2. The van der Waals surface area contributed by atoms with Crippen LogP contribution in [0.3, 0.4) is 0 Å². The predicted octanol–water partition coefficient (Wildman–Crippen LogP) is 3.44. The van der Waals surface area contributed by atoms with E-state index in [4.69, 9.17) is 0 Å². The summed E-state index contributed by atoms with van der Waals surface area (Å²) >= 11 is 1.79. The van der Waals surface area contributed by atoms with E-state index in [1.54, 1.807) is 28.8 Å². The molecule has 0 aromatic heterocycles. The van der Waals surface area contributed by atoms with Gasteiger partial charge in [0.05, 0.1) is 0 Å². The van der Waals surface area contributed by atoms with Gasteiger partial charge < -0.3 is 10.6 Å². The van der Waals surface area contributed by atoms with Crippen LogP contribution in [0.1, 0.15) is 22.3 Å². The molecule has 2 N–H and O–H groups in total. The Balaban J connectivity index is 1.51. The van der Waals surface area contributed by atoms with Crippen LogP contribution >= 0.6 is 11.8 Å². The maximum atomic E-state index is 12.4. The van der Waals surface area contributed by atoms with Crippen molar-refractivity contribution in [3.05, 3.63) is 59.7 Å². The number of nitrogens with one attached hydrogen (secondary N) is 2. The molecule has 26 heavy (non-hydrogen) atoms. The highest BCUT2D eigenvalue weighted by Crippen LogP contribution is 2.23. The van der Waals surface area contributed by atoms with Crippen molar-refractivity contribution in [1.29, 1.82) is 0 Å². The lowest BCUT2D eigenvalue weighted by molar-refractivity contribution is 0.0953. The predicted molar refractivity (Wildman–Crippen MR) is 106 cm³/mol. The summed E-state index contributed by atoms with van der Waals surface area (Å²) in [5.41, 5.74) is 2.37. The molecule has 3 rings (SSSR count). The number of thioether (sulfide) groups is 1. The minimum absolute atomic E-state index is 0.101. The fourth-order valence-corrected chi connectivity index (χ4v) is 3.70. The first kappa shape index (κ1) is 18.3. The number of benzene rings is 2. The number of nitrogens with zero attached hydrogens (tertiary/aromatic N) is 1. The van der Waals surface area contributed by atoms with Crippen molar-refractivity contribution in [3.63, 3.8) is 0 Å². The van der Waals surface area contributed by atoms with Crippen molar-refractivity contribution in [2.75, 3.05) is 30.3 Å². The van der Waals surface area contributed by atoms with E-state index in [0.29, 0.717) is 25.2 Å². The number of anilines is 1. The van der Waals surface area contributed by atoms with Gasteiger partial charge in [-0.25, -0.2) is 4.79 Å². The number of urea groups is 1. The zero-order valence-electron chi connectivity index (χ0n) is 14.8. The van der Waals surface area contributed by atoms with Crippen LogP contribution in [0.5, 0.6) is 0 Å². The van der Waals surface area contributed by atoms with Gasteiger partial charge in [0.1, 0.15) is 0 Å². The van der Waals surface area contributed by atoms with E-state index >= 15 is 0 Å². The smallest absolute Gasteiger partial charge is 0.322 e. The van der Waals surface area contributed by atoms with E-state index in [0.717, 1.165) is 23.4 Å². The second-order valence-corrected chi connectivity index (χ2v) is 7.32. The molecule has 0 atom stereocenters. The maximum Gasteiger partial charge on any atom is 0.322 e. The summed E-state index contributed by atoms with van der Waals surface area (Å²) in [7, 11) is 0. The third-order valence-corrected chi connectivity index (χ3v) is 5.34. The first-order valence-electron chi connectivity index (χ1n) is 8.77. The highest BCUT2D eigenvalue weighted by Gasteiger charge is 2.23. The summed E-state index contributed by atoms with van der Waals surface area (Å²) in [5, 5.41) is 5.75. The summed E-state index contributed by atoms with van der Waals surface area (Å²) in [4.78, 5) is 27.2. The lowest BCUT2D eigenvalue weighted by Gasteiger charge is -2.18. The molecule has 6 heteroatoms. The van der Waals surface area contributed by atoms with Crippen LogP contribution in [-0.4, -0.2) is 37.3 Å². The average molecular weight is 369 g/mol. The molecule has 1 saturated heterocycles. The normalized spacial score (nSPS) is 13.6. The van der Waals surface area contributed by atoms with Crippen LogP contribution in [0, 0.1) is 6.92 Å². The topological polar surface area (TPSA) is 61.4 Å². The monoisotopic (exact) mass is 369 g/mol. The number of hydrogen-bond donors (Lipinski definition) is 2. The lowest BCUT2D eigenvalue weighted by Crippen LogP contribution is -2.29. The van der Waals surface area contributed by atoms with Crippen molar-refractivity contribution in [3.8, 4) is 0 Å². The van der Waals surface area contributed by atoms with E-state index < -0.39 is 0 Å². The van der Waals surface area contributed by atoms with Crippen LogP contribution < -0.4 is 15.5 Å². The van der Waals surface area contributed by atoms with Crippen molar-refractivity contribution < 1.29 is 9.59 Å². The van der Waals surface area contributed by atoms with Crippen molar-refractivity contribution in [2.45, 2.75) is 18.2 Å². The van der Waals surface area contributed by atoms with Crippen LogP contribution in [0.15, 0.2) is 53.4 Å². The van der Waals surface area contributed by atoms with Crippen molar-refractivity contribution >= 4 is 29.4 Å². The molecule has 0 saturated carbocycles. The minimum Gasteiger partial charge on any atom is -0.352 e. The van der Waals surface area contributed by atoms with Crippen molar-refractivity contribution in [2.24, 2.45) is 0 Å². The van der Waals surface area contributed by atoms with Gasteiger partial charge >= 0.3 is 6.03 Å². The number of aryl methyl sites for hydroxylation is 1. The highest BCUT2D eigenvalue weighted by molar-refractivity contribution is 7.99. The van der Waals surface area contributed by atoms with Gasteiger partial charge in [-0.3, -0.25) is 9.69 Å². The summed E-state index contributed by atoms with van der Waals surface area (Å²) < 4.78 is 0. The zero-order valence-corrected chi connectivity index (χ0v) is 15.6. The molecule has 5 nitrogen and oxygen atoms in total. The number of hydrogen-bond acceptors (Lipinski definition) is 3. The largest absolute Gasteiger partial charge is 0.352 e. The Hall–Kier alpha value is -2.47. The molecule has 0 spiro atoms. The molecule has 3 amide bonds. The Labute approximate surface area is 158 Å². The van der Waals surface area contributed by atoms with Gasteiger partial charge in [-0.15, -0.1) is 11.8 Å². The Bertz CT molecular complexity index is 780. The Morgan fingerprint density at radius 1 is 1.23 bits per heavy atom. The van der Waals surface area contributed by atoms with Crippen LogP contribution in [0.2, 0.25) is 0 Å². The summed E-state index contributed by atoms with van der Waals surface area (Å²) in [5.74, 6) is 0.854. The molecule has 0 aliphatic carbocycles. The molecule has 1 fully saturated rings. The molecular weight excluding hydrogens is 346 g/mol. The van der Waals surface area contributed by atoms with Gasteiger partial charge in [0.15, 0.2) is 0 Å². The molecule has 136 valence electrons. The third kappa shape index (κ3) is 4.58. The SMILES string of the molecule is Cc1ccc(C(=O)NCCCSc2ccccc2)cc1N1CCNC1=O. The van der Waals surface area contributed by atoms with E-state index in [2.05, 4.69) is 22.8 Å². The number of carbonyl (C=O) groups is 2. The summed E-state index contributed by atoms with van der Waals surface area (Å²) in [6.45, 7) is 3.84. The van der Waals surface area contributed by atoms with Gasteiger partial charge in [-0.2, -0.15) is 0 Å². The molecule has 0 unspecified atom stereocenters. The second-order valence-electron chi connectivity index (χ2n) is 6.16. The van der Waals surface area contributed by atoms with Gasteiger partial charge in [-0.1, -0.05) is 24.3 Å². The molecule has 2 aromatic rings. The molecular formula is C20H23N3O2S. The van der Waals surface area contributed by atoms with Crippen LogP contribution in [0.4, 0.5) is 10.5 Å². The Morgan fingerprint density at radius 3 is 2.77 bits per heavy atom. The van der Waals surface area contributed by atoms with Gasteiger partial charge in [0.2, 0.25) is 0 Å². The van der Waals surface area contributed by atoms with Gasteiger partial charge in [0.25, 0.3) is 5.91 Å². The maximum absolute atomic E-state index is 12.4. The molecule has 2 aromatic carbocycles. The molecule has 1 aliphatic rings. The van der Waals surface area contributed by atoms with Crippen LogP contribution in [-0.2, 0) is 0 Å². The zero-order chi connectivity index (χ0) is 18.4. The quantitative estimate of drug-likeness (QED) is 0.581. The van der Waals surface area contributed by atoms with Crippen molar-refractivity contribution in [1.82, 2.24) is 10.6 Å². The van der Waals surface area contributed by atoms with Crippen LogP contribution in [0.25, 0.3) is 0 Å². The number of rotatable bonds is 7. The van der Waals surface area contributed by atoms with E-state index in [1.807, 2.05) is 31.2 Å². The molecule has 0 bridgehead atoms. The average Bonchev–Trinajstić information content (AvgIpc) is 3.08. The number of amides is 3. The fourth-order valence-electron chi connectivity index (χ4n) is 2.83. The lowest BCUT2D eigenvalue weighted by atomic mass is 10.1. The standard InChI is InChI=1S/C20H23N3O2S/c1-15-8-9-16(14-18(15)23-12-11-22-20(23)25)19(24)21-10-5-13-26-17-6-3-2-4-7-17/h2-4,6-9,14H,5,10-13H2,1H3,(H,21,24)(H,22,25). The van der Waals surface area contributed by atoms with E-state index in [1.165, 1.54) is 4.90 Å². The van der Waals surface area contributed by atoms with E-state index in [-0.39, 0.29) is 11.9 Å². The summed E-state index contributed by atoms with van der Waals surface area (Å²) in [6.07, 6.45) is 0.901. The molecule has 1 aliphatic heterocycles. The van der Waals surface area contributed by atoms with E-state index in [9.17, 15) is 9.59 Å². The van der Waals surface area contributed by atoms with Gasteiger partial charge in [-0.05, 0) is 48.9 Å². The minimum atomic E-state index is -0.108. The molecule has 1 heterocycles. The Morgan fingerprint density at radius 2 is 2.04 bits per heavy atom.